The summed E-state index contributed by atoms with van der Waals surface area (Å²) >= 11 is 0. The number of hydrogen-bond acceptors (Lipinski definition) is 3. The van der Waals surface area contributed by atoms with E-state index in [0.29, 0.717) is 5.75 Å². The van der Waals surface area contributed by atoms with Crippen LogP contribution in [-0.4, -0.2) is 28.0 Å². The van der Waals surface area contributed by atoms with Crippen LogP contribution in [0.3, 0.4) is 0 Å². The van der Waals surface area contributed by atoms with Gasteiger partial charge in [-0.1, -0.05) is 0 Å². The molecule has 0 amide bonds. The largest absolute Gasteiger partial charge is 0.497 e. The van der Waals surface area contributed by atoms with Gasteiger partial charge in [0.25, 0.3) is 0 Å². The third-order valence-electron chi connectivity index (χ3n) is 2.23. The molecule has 17 heavy (non-hydrogen) atoms. The van der Waals surface area contributed by atoms with Crippen LogP contribution in [0.15, 0.2) is 30.6 Å². The number of carboxylic acids is 1. The Balaban J connectivity index is 2.42. The second-order valence-corrected chi connectivity index (χ2v) is 3.30. The van der Waals surface area contributed by atoms with E-state index < -0.39 is 11.8 Å². The molecule has 0 fully saturated rings. The maximum atomic E-state index is 13.6. The molecular weight excluding hydrogens is 227 g/mol. The van der Waals surface area contributed by atoms with E-state index in [0.717, 1.165) is 10.9 Å². The Hall–Kier alpha value is -2.37. The molecule has 0 aliphatic heterocycles. The quantitative estimate of drug-likeness (QED) is 0.881. The van der Waals surface area contributed by atoms with E-state index in [1.165, 1.54) is 25.4 Å². The number of aromatic carboxylic acids is 1. The molecule has 1 aromatic heterocycles. The lowest BCUT2D eigenvalue weighted by Gasteiger charge is -2.05. The summed E-state index contributed by atoms with van der Waals surface area (Å²) < 4.78 is 19.7. The van der Waals surface area contributed by atoms with Crippen molar-refractivity contribution >= 4 is 5.97 Å². The summed E-state index contributed by atoms with van der Waals surface area (Å²) in [4.78, 5) is 10.7. The minimum absolute atomic E-state index is 0.000202. The second-order valence-electron chi connectivity index (χ2n) is 3.30. The van der Waals surface area contributed by atoms with Crippen molar-refractivity contribution in [2.24, 2.45) is 0 Å². The lowest BCUT2D eigenvalue weighted by atomic mass is 10.3. The minimum atomic E-state index is -1.11. The summed E-state index contributed by atoms with van der Waals surface area (Å²) in [7, 11) is 1.44. The van der Waals surface area contributed by atoms with Gasteiger partial charge < -0.3 is 9.84 Å². The monoisotopic (exact) mass is 236 g/mol. The molecule has 0 aliphatic carbocycles. The van der Waals surface area contributed by atoms with Gasteiger partial charge in [0.05, 0.1) is 18.9 Å². The van der Waals surface area contributed by atoms with Crippen molar-refractivity contribution in [3.05, 3.63) is 42.0 Å². The zero-order valence-electron chi connectivity index (χ0n) is 8.92. The third kappa shape index (κ3) is 2.10. The summed E-state index contributed by atoms with van der Waals surface area (Å²) in [5.41, 5.74) is 0.165. The molecule has 2 aromatic rings. The summed E-state index contributed by atoms with van der Waals surface area (Å²) in [5.74, 6) is -1.26. The van der Waals surface area contributed by atoms with Crippen LogP contribution in [0, 0.1) is 5.82 Å². The molecule has 2 rings (SSSR count). The van der Waals surface area contributed by atoms with Crippen molar-refractivity contribution in [1.29, 1.82) is 0 Å². The molecule has 1 N–H and O–H groups in total. The molecular formula is C11H9FN2O3. The number of ether oxygens (including phenoxy) is 1. The Morgan fingerprint density at radius 1 is 1.53 bits per heavy atom. The highest BCUT2D eigenvalue weighted by atomic mass is 19.1. The SMILES string of the molecule is COc1ccc(-n2cc(C(=O)O)cn2)c(F)c1. The Labute approximate surface area is 96.1 Å². The van der Waals surface area contributed by atoms with Gasteiger partial charge in [-0.05, 0) is 12.1 Å². The van der Waals surface area contributed by atoms with Crippen LogP contribution in [0.1, 0.15) is 10.4 Å². The lowest BCUT2D eigenvalue weighted by Crippen LogP contribution is -1.99. The van der Waals surface area contributed by atoms with E-state index >= 15 is 0 Å². The number of carboxylic acid groups (broad SMARTS) is 1. The first kappa shape index (κ1) is 11.1. The highest BCUT2D eigenvalue weighted by Gasteiger charge is 2.10. The maximum Gasteiger partial charge on any atom is 0.338 e. The molecule has 0 saturated carbocycles. The first-order valence-electron chi connectivity index (χ1n) is 4.73. The standard InChI is InChI=1S/C11H9FN2O3/c1-17-8-2-3-10(9(12)4-8)14-6-7(5-13-14)11(15)16/h2-6H,1H3,(H,15,16). The van der Waals surface area contributed by atoms with Gasteiger partial charge in [-0.15, -0.1) is 0 Å². The molecule has 0 radical (unpaired) electrons. The van der Waals surface area contributed by atoms with Crippen molar-refractivity contribution in [3.8, 4) is 11.4 Å². The van der Waals surface area contributed by atoms with Crippen molar-refractivity contribution in [2.75, 3.05) is 7.11 Å². The zero-order valence-corrected chi connectivity index (χ0v) is 8.92. The van der Waals surface area contributed by atoms with Crippen LogP contribution >= 0.6 is 0 Å². The molecule has 0 spiro atoms. The van der Waals surface area contributed by atoms with Crippen molar-refractivity contribution < 1.29 is 19.0 Å². The molecule has 0 aliphatic rings. The molecule has 1 aromatic carbocycles. The van der Waals surface area contributed by atoms with Gasteiger partial charge in [-0.2, -0.15) is 5.10 Å². The van der Waals surface area contributed by atoms with E-state index in [1.54, 1.807) is 6.07 Å². The number of hydrogen-bond donors (Lipinski definition) is 1. The molecule has 1 heterocycles. The molecule has 6 heteroatoms. The van der Waals surface area contributed by atoms with Crippen molar-refractivity contribution in [2.45, 2.75) is 0 Å². The predicted molar refractivity (Wildman–Crippen MR) is 57.0 cm³/mol. The smallest absolute Gasteiger partial charge is 0.338 e. The molecule has 88 valence electrons. The van der Waals surface area contributed by atoms with Crippen molar-refractivity contribution in [1.82, 2.24) is 9.78 Å². The number of aromatic nitrogens is 2. The van der Waals surface area contributed by atoms with Gasteiger partial charge in [0.15, 0.2) is 5.82 Å². The van der Waals surface area contributed by atoms with Crippen LogP contribution in [0.4, 0.5) is 4.39 Å². The van der Waals surface area contributed by atoms with E-state index in [2.05, 4.69) is 5.10 Å². The Morgan fingerprint density at radius 3 is 2.82 bits per heavy atom. The average molecular weight is 236 g/mol. The van der Waals surface area contributed by atoms with E-state index in [-0.39, 0.29) is 11.3 Å². The maximum absolute atomic E-state index is 13.6. The predicted octanol–water partition coefficient (Wildman–Crippen LogP) is 1.72. The van der Waals surface area contributed by atoms with E-state index in [1.807, 2.05) is 0 Å². The summed E-state index contributed by atoms with van der Waals surface area (Å²) in [6.45, 7) is 0. The molecule has 0 unspecified atom stereocenters. The summed E-state index contributed by atoms with van der Waals surface area (Å²) in [6.07, 6.45) is 2.40. The third-order valence-corrected chi connectivity index (χ3v) is 2.23. The van der Waals surface area contributed by atoms with Crippen LogP contribution < -0.4 is 4.74 Å². The molecule has 0 atom stereocenters. The summed E-state index contributed by atoms with van der Waals surface area (Å²) in [5, 5.41) is 12.5. The first-order valence-corrected chi connectivity index (χ1v) is 4.73. The number of rotatable bonds is 3. The van der Waals surface area contributed by atoms with Crippen LogP contribution in [0.5, 0.6) is 5.75 Å². The fourth-order valence-corrected chi connectivity index (χ4v) is 1.37. The zero-order chi connectivity index (χ0) is 12.4. The Morgan fingerprint density at radius 2 is 2.29 bits per heavy atom. The average Bonchev–Trinajstić information content (AvgIpc) is 2.78. The topological polar surface area (TPSA) is 64.3 Å². The Kier molecular flexibility index (Phi) is 2.78. The fourth-order valence-electron chi connectivity index (χ4n) is 1.37. The van der Waals surface area contributed by atoms with Crippen molar-refractivity contribution in [3.63, 3.8) is 0 Å². The van der Waals surface area contributed by atoms with Gasteiger partial charge in [0.1, 0.15) is 11.4 Å². The second kappa shape index (κ2) is 4.25. The fraction of sp³-hybridized carbons (Fsp3) is 0.0909. The van der Waals surface area contributed by atoms with E-state index in [4.69, 9.17) is 9.84 Å². The number of benzene rings is 1. The van der Waals surface area contributed by atoms with Gasteiger partial charge in [-0.25, -0.2) is 13.9 Å². The Bertz CT molecular complexity index is 566. The van der Waals surface area contributed by atoms with Crippen LogP contribution in [-0.2, 0) is 0 Å². The van der Waals surface area contributed by atoms with Gasteiger partial charge in [0, 0.05) is 12.3 Å². The van der Waals surface area contributed by atoms with Gasteiger partial charge in [-0.3, -0.25) is 0 Å². The number of nitrogens with zero attached hydrogens (tertiary/aromatic N) is 2. The molecule has 5 nitrogen and oxygen atoms in total. The number of halogens is 1. The normalized spacial score (nSPS) is 10.2. The molecule has 0 bridgehead atoms. The van der Waals surface area contributed by atoms with Crippen LogP contribution in [0.2, 0.25) is 0 Å². The summed E-state index contributed by atoms with van der Waals surface area (Å²) in [6, 6.07) is 4.24. The highest BCUT2D eigenvalue weighted by molar-refractivity contribution is 5.86. The van der Waals surface area contributed by atoms with Gasteiger partial charge in [0.2, 0.25) is 0 Å². The number of methoxy groups -OCH3 is 1. The minimum Gasteiger partial charge on any atom is -0.497 e. The van der Waals surface area contributed by atoms with Gasteiger partial charge >= 0.3 is 5.97 Å². The van der Waals surface area contributed by atoms with E-state index in [9.17, 15) is 9.18 Å². The molecule has 0 saturated heterocycles. The van der Waals surface area contributed by atoms with Crippen LogP contribution in [0.25, 0.3) is 5.69 Å². The highest BCUT2D eigenvalue weighted by Crippen LogP contribution is 2.19. The first-order chi connectivity index (χ1) is 8.11. The number of carbonyl (C=O) groups is 1. The lowest BCUT2D eigenvalue weighted by molar-refractivity contribution is 0.0697.